The van der Waals surface area contributed by atoms with Crippen molar-refractivity contribution in [3.05, 3.63) is 70.4 Å². The van der Waals surface area contributed by atoms with E-state index in [4.69, 9.17) is 16.6 Å². The molecule has 0 spiro atoms. The molecule has 2 nitrogen and oxygen atoms in total. The van der Waals surface area contributed by atoms with Crippen molar-refractivity contribution in [3.63, 3.8) is 0 Å². The van der Waals surface area contributed by atoms with Gasteiger partial charge in [0.1, 0.15) is 0 Å². The van der Waals surface area contributed by atoms with Crippen LogP contribution in [0.3, 0.4) is 0 Å². The zero-order valence-electron chi connectivity index (χ0n) is 12.8. The standard InChI is InChI=1S/C19H17ClN2S/c1-12-6-7-16-14(8-12)15(20)9-17(22-16)19-11-21-10-13-4-2-3-5-18(13)23-19/h2-9,19,21H,10-11H2,1H3. The highest BCUT2D eigenvalue weighted by Gasteiger charge is 2.20. The Morgan fingerprint density at radius 3 is 2.96 bits per heavy atom. The summed E-state index contributed by atoms with van der Waals surface area (Å²) in [5, 5.41) is 5.60. The third-order valence-electron chi connectivity index (χ3n) is 4.15. The summed E-state index contributed by atoms with van der Waals surface area (Å²) in [6.45, 7) is 3.87. The number of hydrogen-bond acceptors (Lipinski definition) is 3. The molecule has 1 unspecified atom stereocenters. The summed E-state index contributed by atoms with van der Waals surface area (Å²) in [4.78, 5) is 6.19. The quantitative estimate of drug-likeness (QED) is 0.664. The Bertz CT molecular complexity index is 878. The molecular formula is C19H17ClN2S. The third-order valence-corrected chi connectivity index (χ3v) is 5.81. The van der Waals surface area contributed by atoms with Gasteiger partial charge >= 0.3 is 0 Å². The van der Waals surface area contributed by atoms with Crippen molar-refractivity contribution >= 4 is 34.3 Å². The lowest BCUT2D eigenvalue weighted by Crippen LogP contribution is -2.17. The number of hydrogen-bond donors (Lipinski definition) is 1. The summed E-state index contributed by atoms with van der Waals surface area (Å²) >= 11 is 8.39. The van der Waals surface area contributed by atoms with Crippen molar-refractivity contribution < 1.29 is 0 Å². The highest BCUT2D eigenvalue weighted by molar-refractivity contribution is 7.99. The van der Waals surface area contributed by atoms with Crippen LogP contribution in [-0.2, 0) is 6.54 Å². The van der Waals surface area contributed by atoms with Crippen LogP contribution in [0.2, 0.25) is 5.02 Å². The Labute approximate surface area is 145 Å². The summed E-state index contributed by atoms with van der Waals surface area (Å²) < 4.78 is 0. The maximum Gasteiger partial charge on any atom is 0.0720 e. The SMILES string of the molecule is Cc1ccc2nc(C3CNCc4ccccc4S3)cc(Cl)c2c1. The van der Waals surface area contributed by atoms with Crippen LogP contribution in [0.25, 0.3) is 10.9 Å². The monoisotopic (exact) mass is 340 g/mol. The Morgan fingerprint density at radius 1 is 1.17 bits per heavy atom. The predicted molar refractivity (Wildman–Crippen MR) is 98.2 cm³/mol. The van der Waals surface area contributed by atoms with Crippen molar-refractivity contribution in [2.24, 2.45) is 0 Å². The van der Waals surface area contributed by atoms with Crippen molar-refractivity contribution in [1.29, 1.82) is 0 Å². The van der Waals surface area contributed by atoms with Crippen molar-refractivity contribution in [3.8, 4) is 0 Å². The molecule has 2 aromatic carbocycles. The average Bonchev–Trinajstić information content (AvgIpc) is 2.77. The molecule has 0 radical (unpaired) electrons. The summed E-state index contributed by atoms with van der Waals surface area (Å²) in [6.07, 6.45) is 0. The normalized spacial score (nSPS) is 17.7. The number of aryl methyl sites for hydroxylation is 1. The fraction of sp³-hybridized carbons (Fsp3) is 0.211. The molecule has 0 saturated heterocycles. The highest BCUT2D eigenvalue weighted by atomic mass is 35.5. The van der Waals surface area contributed by atoms with Crippen LogP contribution in [0.4, 0.5) is 0 Å². The second kappa shape index (κ2) is 6.16. The maximum atomic E-state index is 6.52. The number of halogens is 1. The van der Waals surface area contributed by atoms with E-state index in [1.807, 2.05) is 17.8 Å². The fourth-order valence-electron chi connectivity index (χ4n) is 2.95. The van der Waals surface area contributed by atoms with Crippen LogP contribution in [0.5, 0.6) is 0 Å². The molecule has 4 rings (SSSR count). The minimum atomic E-state index is 0.266. The van der Waals surface area contributed by atoms with Gasteiger partial charge in [0.15, 0.2) is 0 Å². The zero-order valence-corrected chi connectivity index (χ0v) is 14.4. The molecule has 0 bridgehead atoms. The van der Waals surface area contributed by atoms with E-state index in [2.05, 4.69) is 54.7 Å². The van der Waals surface area contributed by atoms with Crippen LogP contribution in [-0.4, -0.2) is 11.5 Å². The van der Waals surface area contributed by atoms with E-state index in [-0.39, 0.29) is 5.25 Å². The molecule has 2 heterocycles. The van der Waals surface area contributed by atoms with Gasteiger partial charge in [-0.15, -0.1) is 11.8 Å². The van der Waals surface area contributed by atoms with Gasteiger partial charge in [0, 0.05) is 23.4 Å². The summed E-state index contributed by atoms with van der Waals surface area (Å²) in [6, 6.07) is 16.8. The first kappa shape index (κ1) is 15.0. The largest absolute Gasteiger partial charge is 0.311 e. The van der Waals surface area contributed by atoms with E-state index in [1.165, 1.54) is 16.0 Å². The second-order valence-corrected chi connectivity index (χ2v) is 7.55. The van der Waals surface area contributed by atoms with Crippen LogP contribution in [0, 0.1) is 6.92 Å². The van der Waals surface area contributed by atoms with Gasteiger partial charge in [0.05, 0.1) is 21.5 Å². The number of benzene rings is 2. The first-order chi connectivity index (χ1) is 11.2. The van der Waals surface area contributed by atoms with E-state index >= 15 is 0 Å². The smallest absolute Gasteiger partial charge is 0.0720 e. The first-order valence-corrected chi connectivity index (χ1v) is 8.98. The molecule has 0 saturated carbocycles. The van der Waals surface area contributed by atoms with E-state index < -0.39 is 0 Å². The number of thioether (sulfide) groups is 1. The summed E-state index contributed by atoms with van der Waals surface area (Å²) in [5.74, 6) is 0. The second-order valence-electron chi connectivity index (χ2n) is 5.89. The van der Waals surface area contributed by atoms with Crippen molar-refractivity contribution in [1.82, 2.24) is 10.3 Å². The predicted octanol–water partition coefficient (Wildman–Crippen LogP) is 5.13. The van der Waals surface area contributed by atoms with Crippen LogP contribution < -0.4 is 5.32 Å². The minimum Gasteiger partial charge on any atom is -0.311 e. The van der Waals surface area contributed by atoms with Gasteiger partial charge in [0.25, 0.3) is 0 Å². The molecule has 1 N–H and O–H groups in total. The molecule has 1 aromatic heterocycles. The third kappa shape index (κ3) is 2.97. The zero-order chi connectivity index (χ0) is 15.8. The minimum absolute atomic E-state index is 0.266. The van der Waals surface area contributed by atoms with E-state index in [1.54, 1.807) is 0 Å². The first-order valence-electron chi connectivity index (χ1n) is 7.73. The van der Waals surface area contributed by atoms with Gasteiger partial charge in [-0.1, -0.05) is 41.4 Å². The molecule has 23 heavy (non-hydrogen) atoms. The number of nitrogens with zero attached hydrogens (tertiary/aromatic N) is 1. The molecule has 0 aliphatic carbocycles. The molecule has 116 valence electrons. The van der Waals surface area contributed by atoms with Gasteiger partial charge in [-0.05, 0) is 36.8 Å². The lowest BCUT2D eigenvalue weighted by molar-refractivity contribution is 0.678. The van der Waals surface area contributed by atoms with Gasteiger partial charge in [-0.3, -0.25) is 4.98 Å². The number of nitrogens with one attached hydrogen (secondary N) is 1. The summed E-state index contributed by atoms with van der Waals surface area (Å²) in [7, 11) is 0. The molecule has 1 atom stereocenters. The van der Waals surface area contributed by atoms with E-state index in [0.717, 1.165) is 34.7 Å². The summed E-state index contributed by atoms with van der Waals surface area (Å²) in [5.41, 5.74) is 4.56. The lowest BCUT2D eigenvalue weighted by atomic mass is 10.1. The van der Waals surface area contributed by atoms with Gasteiger partial charge in [0.2, 0.25) is 0 Å². The number of pyridine rings is 1. The number of fused-ring (bicyclic) bond motifs is 2. The molecular weight excluding hydrogens is 324 g/mol. The molecule has 4 heteroatoms. The average molecular weight is 341 g/mol. The van der Waals surface area contributed by atoms with Crippen LogP contribution in [0.15, 0.2) is 53.4 Å². The number of aromatic nitrogens is 1. The Balaban J connectivity index is 1.75. The van der Waals surface area contributed by atoms with Crippen molar-refractivity contribution in [2.45, 2.75) is 23.6 Å². The van der Waals surface area contributed by atoms with E-state index in [0.29, 0.717) is 0 Å². The number of rotatable bonds is 1. The fourth-order valence-corrected chi connectivity index (χ4v) is 4.41. The highest BCUT2D eigenvalue weighted by Crippen LogP contribution is 2.39. The Kier molecular flexibility index (Phi) is 4.02. The molecule has 1 aliphatic rings. The topological polar surface area (TPSA) is 24.9 Å². The van der Waals surface area contributed by atoms with Crippen LogP contribution in [0.1, 0.15) is 22.1 Å². The molecule has 0 amide bonds. The Hall–Kier alpha value is -1.55. The van der Waals surface area contributed by atoms with E-state index in [9.17, 15) is 0 Å². The lowest BCUT2D eigenvalue weighted by Gasteiger charge is -2.15. The molecule has 1 aliphatic heterocycles. The molecule has 3 aromatic rings. The van der Waals surface area contributed by atoms with Gasteiger partial charge in [-0.2, -0.15) is 0 Å². The van der Waals surface area contributed by atoms with Crippen LogP contribution >= 0.6 is 23.4 Å². The maximum absolute atomic E-state index is 6.52. The van der Waals surface area contributed by atoms with Gasteiger partial charge in [-0.25, -0.2) is 0 Å². The van der Waals surface area contributed by atoms with Gasteiger partial charge < -0.3 is 5.32 Å². The molecule has 0 fully saturated rings. The van der Waals surface area contributed by atoms with Crippen molar-refractivity contribution in [2.75, 3.05) is 6.54 Å². The Morgan fingerprint density at radius 2 is 2.04 bits per heavy atom.